The summed E-state index contributed by atoms with van der Waals surface area (Å²) in [4.78, 5) is 11.2. The van der Waals surface area contributed by atoms with Crippen LogP contribution in [-0.2, 0) is 11.3 Å². The molecule has 0 fully saturated rings. The topological polar surface area (TPSA) is 51.5 Å². The van der Waals surface area contributed by atoms with Crippen molar-refractivity contribution in [2.75, 3.05) is 13.7 Å². The first-order valence-corrected chi connectivity index (χ1v) is 4.76. The summed E-state index contributed by atoms with van der Waals surface area (Å²) < 4.78 is 9.63. The van der Waals surface area contributed by atoms with Gasteiger partial charge in [-0.3, -0.25) is 0 Å². The molecular weight excluding hydrogens is 194 g/mol. The van der Waals surface area contributed by atoms with Gasteiger partial charge < -0.3 is 14.5 Å². The average Bonchev–Trinajstić information content (AvgIpc) is 2.71. The lowest BCUT2D eigenvalue weighted by atomic mass is 10.2. The fourth-order valence-electron chi connectivity index (χ4n) is 1.17. The van der Waals surface area contributed by atoms with E-state index in [1.807, 2.05) is 6.08 Å². The molecule has 0 bridgehead atoms. The number of furan rings is 1. The fourth-order valence-corrected chi connectivity index (χ4v) is 1.17. The number of nitrogens with one attached hydrogen (secondary N) is 1. The average molecular weight is 209 g/mol. The highest BCUT2D eigenvalue weighted by molar-refractivity contribution is 5.87. The second-order valence-electron chi connectivity index (χ2n) is 3.02. The van der Waals surface area contributed by atoms with Crippen LogP contribution in [0, 0.1) is 0 Å². The van der Waals surface area contributed by atoms with Crippen LogP contribution in [0.4, 0.5) is 0 Å². The van der Waals surface area contributed by atoms with Crippen molar-refractivity contribution in [1.29, 1.82) is 0 Å². The van der Waals surface area contributed by atoms with E-state index in [0.717, 1.165) is 18.5 Å². The highest BCUT2D eigenvalue weighted by Crippen LogP contribution is 2.11. The summed E-state index contributed by atoms with van der Waals surface area (Å²) >= 11 is 0. The van der Waals surface area contributed by atoms with Gasteiger partial charge in [0.25, 0.3) is 0 Å². The molecule has 0 saturated heterocycles. The maximum absolute atomic E-state index is 11.2. The van der Waals surface area contributed by atoms with Crippen LogP contribution in [0.2, 0.25) is 0 Å². The predicted molar refractivity (Wildman–Crippen MR) is 56.6 cm³/mol. The predicted octanol–water partition coefficient (Wildman–Crippen LogP) is 1.73. The molecule has 1 aromatic heterocycles. The molecule has 1 N–H and O–H groups in total. The van der Waals surface area contributed by atoms with Gasteiger partial charge in [-0.15, -0.1) is 6.58 Å². The molecule has 0 aliphatic carbocycles. The molecule has 0 saturated carbocycles. The Hall–Kier alpha value is -1.55. The highest BCUT2D eigenvalue weighted by Gasteiger charge is 2.14. The lowest BCUT2D eigenvalue weighted by Gasteiger charge is -2.02. The lowest BCUT2D eigenvalue weighted by Crippen LogP contribution is -2.15. The standard InChI is InChI=1S/C11H15NO3/c1-3-4-6-12-8-9-5-7-15-10(9)11(13)14-2/h3,5,7,12H,1,4,6,8H2,2H3. The maximum atomic E-state index is 11.2. The Balaban J connectivity index is 2.50. The quantitative estimate of drug-likeness (QED) is 0.440. The van der Waals surface area contributed by atoms with Gasteiger partial charge in [0, 0.05) is 12.1 Å². The molecule has 0 spiro atoms. The van der Waals surface area contributed by atoms with Gasteiger partial charge in [-0.1, -0.05) is 6.08 Å². The monoisotopic (exact) mass is 209 g/mol. The fraction of sp³-hybridized carbons (Fsp3) is 0.364. The summed E-state index contributed by atoms with van der Waals surface area (Å²) in [5, 5.41) is 3.17. The summed E-state index contributed by atoms with van der Waals surface area (Å²) in [6, 6.07) is 1.76. The minimum absolute atomic E-state index is 0.267. The van der Waals surface area contributed by atoms with Crippen LogP contribution in [0.3, 0.4) is 0 Å². The molecule has 1 heterocycles. The highest BCUT2D eigenvalue weighted by atomic mass is 16.5. The van der Waals surface area contributed by atoms with E-state index in [1.165, 1.54) is 13.4 Å². The number of carbonyl (C=O) groups is 1. The summed E-state index contributed by atoms with van der Waals surface area (Å²) in [6.45, 7) is 5.04. The number of rotatable bonds is 6. The van der Waals surface area contributed by atoms with Gasteiger partial charge in [0.05, 0.1) is 13.4 Å². The van der Waals surface area contributed by atoms with E-state index in [9.17, 15) is 4.79 Å². The molecule has 15 heavy (non-hydrogen) atoms. The number of methoxy groups -OCH3 is 1. The van der Waals surface area contributed by atoms with Crippen molar-refractivity contribution in [3.8, 4) is 0 Å². The zero-order chi connectivity index (χ0) is 11.1. The van der Waals surface area contributed by atoms with Crippen molar-refractivity contribution in [3.05, 3.63) is 36.3 Å². The zero-order valence-corrected chi connectivity index (χ0v) is 8.79. The molecule has 0 unspecified atom stereocenters. The van der Waals surface area contributed by atoms with Gasteiger partial charge in [-0.2, -0.15) is 0 Å². The zero-order valence-electron chi connectivity index (χ0n) is 8.79. The molecule has 0 amide bonds. The smallest absolute Gasteiger partial charge is 0.374 e. The van der Waals surface area contributed by atoms with Crippen LogP contribution in [0.25, 0.3) is 0 Å². The Labute approximate surface area is 88.9 Å². The Bertz CT molecular complexity index is 330. The van der Waals surface area contributed by atoms with Gasteiger partial charge in [0.2, 0.25) is 5.76 Å². The van der Waals surface area contributed by atoms with Gasteiger partial charge in [-0.25, -0.2) is 4.79 Å². The van der Waals surface area contributed by atoms with Gasteiger partial charge in [0.1, 0.15) is 0 Å². The SMILES string of the molecule is C=CCCNCc1ccoc1C(=O)OC. The number of ether oxygens (including phenoxy) is 1. The van der Waals surface area contributed by atoms with E-state index in [2.05, 4.69) is 16.6 Å². The Morgan fingerprint density at radius 2 is 2.53 bits per heavy atom. The Morgan fingerprint density at radius 3 is 3.20 bits per heavy atom. The first-order valence-electron chi connectivity index (χ1n) is 4.76. The van der Waals surface area contributed by atoms with Crippen molar-refractivity contribution >= 4 is 5.97 Å². The Kier molecular flexibility index (Phi) is 4.63. The number of carbonyl (C=O) groups excluding carboxylic acids is 1. The number of esters is 1. The molecule has 0 radical (unpaired) electrons. The molecule has 4 heteroatoms. The normalized spacial score (nSPS) is 9.93. The van der Waals surface area contributed by atoms with Crippen LogP contribution in [-0.4, -0.2) is 19.6 Å². The second-order valence-corrected chi connectivity index (χ2v) is 3.02. The number of hydrogen-bond acceptors (Lipinski definition) is 4. The van der Waals surface area contributed by atoms with Crippen molar-refractivity contribution in [2.24, 2.45) is 0 Å². The molecular formula is C11H15NO3. The summed E-state index contributed by atoms with van der Waals surface area (Å²) in [5.41, 5.74) is 0.811. The first kappa shape index (κ1) is 11.5. The van der Waals surface area contributed by atoms with E-state index < -0.39 is 5.97 Å². The third-order valence-electron chi connectivity index (χ3n) is 1.96. The van der Waals surface area contributed by atoms with E-state index >= 15 is 0 Å². The third kappa shape index (κ3) is 3.25. The van der Waals surface area contributed by atoms with Gasteiger partial charge >= 0.3 is 5.97 Å². The minimum atomic E-state index is -0.444. The van der Waals surface area contributed by atoms with Crippen LogP contribution in [0.15, 0.2) is 29.4 Å². The maximum Gasteiger partial charge on any atom is 0.374 e. The molecule has 0 aliphatic heterocycles. The molecule has 4 nitrogen and oxygen atoms in total. The molecule has 0 atom stereocenters. The van der Waals surface area contributed by atoms with Crippen LogP contribution >= 0.6 is 0 Å². The number of hydrogen-bond donors (Lipinski definition) is 1. The van der Waals surface area contributed by atoms with Crippen molar-refractivity contribution in [2.45, 2.75) is 13.0 Å². The van der Waals surface area contributed by atoms with Crippen LogP contribution < -0.4 is 5.32 Å². The van der Waals surface area contributed by atoms with Crippen molar-refractivity contribution in [3.63, 3.8) is 0 Å². The molecule has 1 aromatic rings. The minimum Gasteiger partial charge on any atom is -0.463 e. The van der Waals surface area contributed by atoms with E-state index in [1.54, 1.807) is 6.07 Å². The van der Waals surface area contributed by atoms with E-state index in [0.29, 0.717) is 6.54 Å². The molecule has 0 aromatic carbocycles. The third-order valence-corrected chi connectivity index (χ3v) is 1.96. The molecule has 82 valence electrons. The summed E-state index contributed by atoms with van der Waals surface area (Å²) in [7, 11) is 1.33. The van der Waals surface area contributed by atoms with Crippen molar-refractivity contribution in [1.82, 2.24) is 5.32 Å². The summed E-state index contributed by atoms with van der Waals surface area (Å²) in [5.74, 6) is -0.177. The first-order chi connectivity index (χ1) is 7.29. The van der Waals surface area contributed by atoms with Crippen LogP contribution in [0.5, 0.6) is 0 Å². The van der Waals surface area contributed by atoms with Crippen molar-refractivity contribution < 1.29 is 13.9 Å². The molecule has 1 rings (SSSR count). The van der Waals surface area contributed by atoms with E-state index in [-0.39, 0.29) is 5.76 Å². The van der Waals surface area contributed by atoms with Crippen LogP contribution in [0.1, 0.15) is 22.5 Å². The van der Waals surface area contributed by atoms with Gasteiger partial charge in [-0.05, 0) is 19.0 Å². The Morgan fingerprint density at radius 1 is 1.73 bits per heavy atom. The second kappa shape index (κ2) is 6.03. The summed E-state index contributed by atoms with van der Waals surface area (Å²) in [6.07, 6.45) is 4.21. The van der Waals surface area contributed by atoms with Gasteiger partial charge in [0.15, 0.2) is 0 Å². The largest absolute Gasteiger partial charge is 0.463 e. The lowest BCUT2D eigenvalue weighted by molar-refractivity contribution is 0.0563. The molecule has 0 aliphatic rings. The van der Waals surface area contributed by atoms with E-state index in [4.69, 9.17) is 4.42 Å².